The van der Waals surface area contributed by atoms with Crippen LogP contribution in [-0.2, 0) is 6.61 Å². The number of nitriles is 1. The van der Waals surface area contributed by atoms with Gasteiger partial charge in [0.25, 0.3) is 5.56 Å². The highest BCUT2D eigenvalue weighted by molar-refractivity contribution is 6.42. The summed E-state index contributed by atoms with van der Waals surface area (Å²) in [6.07, 6.45) is 1.55. The molecule has 37 heavy (non-hydrogen) atoms. The van der Waals surface area contributed by atoms with Crippen molar-refractivity contribution in [2.45, 2.75) is 13.5 Å². The highest BCUT2D eigenvalue weighted by Crippen LogP contribution is 2.30. The van der Waals surface area contributed by atoms with Gasteiger partial charge >= 0.3 is 0 Å². The lowest BCUT2D eigenvalue weighted by Gasteiger charge is -2.13. The van der Waals surface area contributed by atoms with E-state index in [0.29, 0.717) is 33.7 Å². The zero-order valence-corrected chi connectivity index (χ0v) is 21.2. The lowest BCUT2D eigenvalue weighted by atomic mass is 10.1. The van der Waals surface area contributed by atoms with Crippen LogP contribution in [0.2, 0.25) is 10.0 Å². The maximum absolute atomic E-state index is 12.4. The van der Waals surface area contributed by atoms with Gasteiger partial charge in [0, 0.05) is 5.56 Å². The van der Waals surface area contributed by atoms with Crippen molar-refractivity contribution in [3.05, 3.63) is 104 Å². The molecule has 0 saturated heterocycles. The zero-order valence-electron chi connectivity index (χ0n) is 19.7. The molecule has 0 unspecified atom stereocenters. The Balaban J connectivity index is 1.50. The third-order valence-corrected chi connectivity index (χ3v) is 5.85. The van der Waals surface area contributed by atoms with Gasteiger partial charge < -0.3 is 9.47 Å². The summed E-state index contributed by atoms with van der Waals surface area (Å²) in [6.45, 7) is 2.61. The number of benzene rings is 3. The molecule has 3 aromatic carbocycles. The Hall–Kier alpha value is -4.32. The van der Waals surface area contributed by atoms with Crippen LogP contribution in [0.4, 0.5) is 5.95 Å². The Morgan fingerprint density at radius 1 is 1.05 bits per heavy atom. The second-order valence-corrected chi connectivity index (χ2v) is 8.48. The summed E-state index contributed by atoms with van der Waals surface area (Å²) >= 11 is 12.1. The van der Waals surface area contributed by atoms with Crippen LogP contribution in [0.25, 0.3) is 11.3 Å². The summed E-state index contributed by atoms with van der Waals surface area (Å²) in [5, 5.41) is 14.5. The minimum Gasteiger partial charge on any atom is -0.490 e. The molecule has 10 heteroatoms. The van der Waals surface area contributed by atoms with E-state index in [0.717, 1.165) is 11.1 Å². The summed E-state index contributed by atoms with van der Waals surface area (Å²) in [4.78, 5) is 19.3. The Labute approximate surface area is 223 Å². The van der Waals surface area contributed by atoms with Crippen LogP contribution < -0.4 is 20.5 Å². The quantitative estimate of drug-likeness (QED) is 0.200. The Bertz CT molecular complexity index is 1530. The van der Waals surface area contributed by atoms with E-state index in [1.807, 2.05) is 31.2 Å². The molecule has 0 atom stereocenters. The van der Waals surface area contributed by atoms with Gasteiger partial charge in [0.1, 0.15) is 18.2 Å². The molecule has 0 aliphatic rings. The van der Waals surface area contributed by atoms with Crippen LogP contribution >= 0.6 is 23.2 Å². The van der Waals surface area contributed by atoms with Crippen molar-refractivity contribution in [2.75, 3.05) is 12.0 Å². The first-order valence-corrected chi connectivity index (χ1v) is 12.0. The molecule has 0 fully saturated rings. The third kappa shape index (κ3) is 6.47. The Kier molecular flexibility index (Phi) is 8.41. The number of hydrogen-bond donors (Lipinski definition) is 2. The minimum absolute atomic E-state index is 0.0708. The lowest BCUT2D eigenvalue weighted by molar-refractivity contribution is 0.269. The number of hydrogen-bond acceptors (Lipinski definition) is 7. The van der Waals surface area contributed by atoms with Crippen molar-refractivity contribution < 1.29 is 9.47 Å². The standard InChI is InChI=1S/C27H21Cl2N5O3/c1-2-36-24-13-17(9-11-23(24)37-16-18-8-10-21(28)22(29)12-18)15-31-34-27-32-25(19-6-4-3-5-7-19)20(14-30)26(35)33-27/h3-13,15H,2,16H2,1H3,(H2,32,33,34,35). The van der Waals surface area contributed by atoms with E-state index in [-0.39, 0.29) is 23.8 Å². The molecule has 4 aromatic rings. The van der Waals surface area contributed by atoms with Crippen molar-refractivity contribution in [3.8, 4) is 28.8 Å². The van der Waals surface area contributed by atoms with Gasteiger partial charge in [-0.15, -0.1) is 0 Å². The highest BCUT2D eigenvalue weighted by Gasteiger charge is 2.13. The number of H-pyrrole nitrogens is 1. The fraction of sp³-hybridized carbons (Fsp3) is 0.111. The van der Waals surface area contributed by atoms with Crippen LogP contribution in [0.5, 0.6) is 11.5 Å². The van der Waals surface area contributed by atoms with Crippen molar-refractivity contribution >= 4 is 35.4 Å². The fourth-order valence-corrected chi connectivity index (χ4v) is 3.71. The second-order valence-electron chi connectivity index (χ2n) is 7.66. The number of ether oxygens (including phenoxy) is 2. The van der Waals surface area contributed by atoms with Gasteiger partial charge in [-0.25, -0.2) is 10.4 Å². The predicted octanol–water partition coefficient (Wildman–Crippen LogP) is 6.04. The Morgan fingerprint density at radius 2 is 1.86 bits per heavy atom. The largest absolute Gasteiger partial charge is 0.490 e. The molecular formula is C27H21Cl2N5O3. The highest BCUT2D eigenvalue weighted by atomic mass is 35.5. The number of anilines is 1. The van der Waals surface area contributed by atoms with Gasteiger partial charge in [-0.3, -0.25) is 9.78 Å². The average molecular weight is 534 g/mol. The summed E-state index contributed by atoms with van der Waals surface area (Å²) in [5.41, 5.74) is 4.59. The number of halogens is 2. The maximum atomic E-state index is 12.4. The molecular weight excluding hydrogens is 513 g/mol. The summed E-state index contributed by atoms with van der Waals surface area (Å²) in [7, 11) is 0. The van der Waals surface area contributed by atoms with Crippen molar-refractivity contribution in [1.82, 2.24) is 9.97 Å². The van der Waals surface area contributed by atoms with E-state index in [1.54, 1.807) is 54.7 Å². The molecule has 1 aromatic heterocycles. The normalized spacial score (nSPS) is 10.8. The van der Waals surface area contributed by atoms with Gasteiger partial charge in [0.2, 0.25) is 5.95 Å². The number of nitrogens with zero attached hydrogens (tertiary/aromatic N) is 3. The van der Waals surface area contributed by atoms with Crippen LogP contribution in [0, 0.1) is 11.3 Å². The van der Waals surface area contributed by atoms with Gasteiger partial charge in [-0.1, -0.05) is 59.6 Å². The molecule has 8 nitrogen and oxygen atoms in total. The molecule has 186 valence electrons. The van der Waals surface area contributed by atoms with E-state index < -0.39 is 5.56 Å². The molecule has 0 saturated carbocycles. The summed E-state index contributed by atoms with van der Waals surface area (Å²) in [5.74, 6) is 1.21. The number of nitrogens with one attached hydrogen (secondary N) is 2. The van der Waals surface area contributed by atoms with E-state index in [4.69, 9.17) is 32.7 Å². The second kappa shape index (κ2) is 12.1. The van der Waals surface area contributed by atoms with Crippen LogP contribution in [0.3, 0.4) is 0 Å². The topological polar surface area (TPSA) is 112 Å². The summed E-state index contributed by atoms with van der Waals surface area (Å²) in [6, 6.07) is 21.6. The Morgan fingerprint density at radius 3 is 2.59 bits per heavy atom. The van der Waals surface area contributed by atoms with Gasteiger partial charge in [-0.05, 0) is 48.4 Å². The smallest absolute Gasteiger partial charge is 0.270 e. The minimum atomic E-state index is -0.559. The summed E-state index contributed by atoms with van der Waals surface area (Å²) < 4.78 is 11.7. The third-order valence-electron chi connectivity index (χ3n) is 5.11. The molecule has 0 amide bonds. The van der Waals surface area contributed by atoms with E-state index in [1.165, 1.54) is 0 Å². The van der Waals surface area contributed by atoms with Gasteiger partial charge in [0.05, 0.1) is 28.6 Å². The average Bonchev–Trinajstić information content (AvgIpc) is 2.90. The first-order valence-electron chi connectivity index (χ1n) is 11.2. The molecule has 1 heterocycles. The SMILES string of the molecule is CCOc1cc(C=NNc2nc(-c3ccccc3)c(C#N)c(=O)[nH]2)ccc1OCc1ccc(Cl)c(Cl)c1. The molecule has 0 aliphatic heterocycles. The number of rotatable bonds is 9. The van der Waals surface area contributed by atoms with E-state index in [2.05, 4.69) is 20.5 Å². The van der Waals surface area contributed by atoms with Crippen molar-refractivity contribution in [1.29, 1.82) is 5.26 Å². The fourth-order valence-electron chi connectivity index (χ4n) is 3.39. The molecule has 2 N–H and O–H groups in total. The maximum Gasteiger partial charge on any atom is 0.270 e. The van der Waals surface area contributed by atoms with Crippen molar-refractivity contribution in [2.24, 2.45) is 5.10 Å². The van der Waals surface area contributed by atoms with Crippen LogP contribution in [0.15, 0.2) is 76.6 Å². The van der Waals surface area contributed by atoms with Crippen LogP contribution in [-0.4, -0.2) is 22.8 Å². The van der Waals surface area contributed by atoms with Crippen molar-refractivity contribution in [3.63, 3.8) is 0 Å². The number of aromatic nitrogens is 2. The number of aromatic amines is 1. The first-order chi connectivity index (χ1) is 18.0. The van der Waals surface area contributed by atoms with E-state index >= 15 is 0 Å². The monoisotopic (exact) mass is 533 g/mol. The molecule has 0 radical (unpaired) electrons. The molecule has 0 aliphatic carbocycles. The van der Waals surface area contributed by atoms with E-state index in [9.17, 15) is 10.1 Å². The predicted molar refractivity (Wildman–Crippen MR) is 145 cm³/mol. The lowest BCUT2D eigenvalue weighted by Crippen LogP contribution is -2.16. The van der Waals surface area contributed by atoms with Gasteiger partial charge in [-0.2, -0.15) is 10.4 Å². The molecule has 0 spiro atoms. The zero-order chi connectivity index (χ0) is 26.2. The number of hydrazone groups is 1. The van der Waals surface area contributed by atoms with Gasteiger partial charge in [0.15, 0.2) is 11.5 Å². The van der Waals surface area contributed by atoms with Crippen LogP contribution in [0.1, 0.15) is 23.6 Å². The first kappa shape index (κ1) is 25.8. The molecule has 4 rings (SSSR count). The molecule has 0 bridgehead atoms.